The monoisotopic (exact) mass is 306 g/mol. The van der Waals surface area contributed by atoms with Gasteiger partial charge in [-0.25, -0.2) is 4.79 Å². The van der Waals surface area contributed by atoms with Crippen LogP contribution in [0.25, 0.3) is 0 Å². The molecular weight excluding hydrogens is 280 g/mol. The third-order valence-electron chi connectivity index (χ3n) is 3.01. The molecule has 0 saturated heterocycles. The molecule has 22 heavy (non-hydrogen) atoms. The number of carbonyl (C=O) groups is 2. The molecule has 0 heterocycles. The summed E-state index contributed by atoms with van der Waals surface area (Å²) in [6, 6.07) is 0. The normalized spacial score (nSPS) is 17.9. The van der Waals surface area contributed by atoms with Crippen molar-refractivity contribution in [2.75, 3.05) is 13.2 Å². The molecule has 0 N–H and O–H groups in total. The van der Waals surface area contributed by atoms with Crippen LogP contribution >= 0.6 is 0 Å². The van der Waals surface area contributed by atoms with E-state index >= 15 is 0 Å². The molecule has 0 spiro atoms. The zero-order valence-corrected chi connectivity index (χ0v) is 14.1. The molecule has 0 radical (unpaired) electrons. The molecule has 1 atom stereocenters. The average molecular weight is 306 g/mol. The second-order valence-corrected chi connectivity index (χ2v) is 6.39. The minimum absolute atomic E-state index is 0.245. The zero-order valence-electron chi connectivity index (χ0n) is 14.1. The van der Waals surface area contributed by atoms with Gasteiger partial charge in [-0.2, -0.15) is 0 Å². The smallest absolute Gasteiger partial charge is 0.335 e. The van der Waals surface area contributed by atoms with E-state index in [2.05, 4.69) is 0 Å². The molecule has 0 bridgehead atoms. The second-order valence-electron chi connectivity index (χ2n) is 6.39. The maximum atomic E-state index is 12.3. The summed E-state index contributed by atoms with van der Waals surface area (Å²) in [4.78, 5) is 24.5. The van der Waals surface area contributed by atoms with Crippen molar-refractivity contribution in [3.8, 4) is 0 Å². The van der Waals surface area contributed by atoms with Gasteiger partial charge in [0.05, 0.1) is 18.8 Å². The van der Waals surface area contributed by atoms with Gasteiger partial charge in [0.2, 0.25) is 0 Å². The van der Waals surface area contributed by atoms with E-state index in [1.54, 1.807) is 18.2 Å². The quantitative estimate of drug-likeness (QED) is 0.705. The highest BCUT2D eigenvalue weighted by Gasteiger charge is 2.28. The Kier molecular flexibility index (Phi) is 7.09. The average Bonchev–Trinajstić information content (AvgIpc) is 2.64. The van der Waals surface area contributed by atoms with Crippen molar-refractivity contribution in [3.63, 3.8) is 0 Å². The SMILES string of the molecule is CC1=CC=C(C(=O)OCC(C)C)C(C(=O)OCC(C)C)C=C1. The summed E-state index contributed by atoms with van der Waals surface area (Å²) in [5, 5.41) is 0. The fourth-order valence-electron chi connectivity index (χ4n) is 1.80. The second kappa shape index (κ2) is 8.57. The van der Waals surface area contributed by atoms with E-state index in [0.717, 1.165) is 5.57 Å². The van der Waals surface area contributed by atoms with E-state index in [-0.39, 0.29) is 11.8 Å². The first-order valence-corrected chi connectivity index (χ1v) is 7.71. The molecule has 122 valence electrons. The van der Waals surface area contributed by atoms with Crippen LogP contribution in [0.2, 0.25) is 0 Å². The van der Waals surface area contributed by atoms with Crippen LogP contribution in [0.5, 0.6) is 0 Å². The molecule has 1 rings (SSSR count). The Morgan fingerprint density at radius 1 is 1.05 bits per heavy atom. The van der Waals surface area contributed by atoms with Crippen molar-refractivity contribution in [1.82, 2.24) is 0 Å². The Hall–Kier alpha value is -1.84. The Labute approximate surface area is 132 Å². The van der Waals surface area contributed by atoms with Gasteiger partial charge >= 0.3 is 11.9 Å². The van der Waals surface area contributed by atoms with Crippen molar-refractivity contribution in [3.05, 3.63) is 35.5 Å². The fourth-order valence-corrected chi connectivity index (χ4v) is 1.80. The topological polar surface area (TPSA) is 52.6 Å². The van der Waals surface area contributed by atoms with Gasteiger partial charge in [0, 0.05) is 0 Å². The Morgan fingerprint density at radius 2 is 1.64 bits per heavy atom. The lowest BCUT2D eigenvalue weighted by Crippen LogP contribution is -2.25. The molecule has 0 aromatic heterocycles. The molecule has 0 aliphatic heterocycles. The first-order valence-electron chi connectivity index (χ1n) is 7.71. The van der Waals surface area contributed by atoms with Crippen molar-refractivity contribution in [2.45, 2.75) is 34.6 Å². The van der Waals surface area contributed by atoms with Crippen LogP contribution in [-0.2, 0) is 19.1 Å². The first kappa shape index (κ1) is 18.2. The van der Waals surface area contributed by atoms with Gasteiger partial charge in [-0.05, 0) is 18.8 Å². The van der Waals surface area contributed by atoms with Crippen LogP contribution < -0.4 is 0 Å². The fraction of sp³-hybridized carbons (Fsp3) is 0.556. The number of carbonyl (C=O) groups excluding carboxylic acids is 2. The zero-order chi connectivity index (χ0) is 16.7. The standard InChI is InChI=1S/C18H26O4/c1-12(2)10-21-17(19)15-8-6-14(5)7-9-16(15)18(20)22-11-13(3)4/h6-9,12-13,15H,10-11H2,1-5H3. The van der Waals surface area contributed by atoms with Crippen molar-refractivity contribution in [1.29, 1.82) is 0 Å². The number of esters is 2. The molecule has 4 nitrogen and oxygen atoms in total. The summed E-state index contributed by atoms with van der Waals surface area (Å²) in [5.74, 6) is -1.10. The lowest BCUT2D eigenvalue weighted by atomic mass is 9.99. The maximum absolute atomic E-state index is 12.3. The third kappa shape index (κ3) is 5.88. The largest absolute Gasteiger partial charge is 0.465 e. The van der Waals surface area contributed by atoms with E-state index < -0.39 is 17.9 Å². The highest BCUT2D eigenvalue weighted by Crippen LogP contribution is 2.22. The number of rotatable bonds is 6. The molecule has 0 aromatic rings. The number of hydrogen-bond donors (Lipinski definition) is 0. The predicted octanol–water partition coefficient (Wildman–Crippen LogP) is 3.44. The van der Waals surface area contributed by atoms with E-state index in [4.69, 9.17) is 9.47 Å². The van der Waals surface area contributed by atoms with Gasteiger partial charge in [0.15, 0.2) is 0 Å². The van der Waals surface area contributed by atoms with E-state index in [1.807, 2.05) is 40.7 Å². The molecule has 0 fully saturated rings. The Bertz CT molecular complexity index is 495. The summed E-state index contributed by atoms with van der Waals surface area (Å²) in [7, 11) is 0. The summed E-state index contributed by atoms with van der Waals surface area (Å²) in [6.45, 7) is 10.4. The van der Waals surface area contributed by atoms with Gasteiger partial charge in [-0.15, -0.1) is 0 Å². The van der Waals surface area contributed by atoms with Crippen LogP contribution in [0, 0.1) is 17.8 Å². The van der Waals surface area contributed by atoms with Crippen LogP contribution in [0.4, 0.5) is 0 Å². The van der Waals surface area contributed by atoms with Crippen LogP contribution in [-0.4, -0.2) is 25.2 Å². The molecule has 0 aromatic carbocycles. The highest BCUT2D eigenvalue weighted by atomic mass is 16.5. The Balaban J connectivity index is 2.89. The van der Waals surface area contributed by atoms with Crippen molar-refractivity contribution >= 4 is 11.9 Å². The van der Waals surface area contributed by atoms with Gasteiger partial charge < -0.3 is 9.47 Å². The number of hydrogen-bond acceptors (Lipinski definition) is 4. The first-order chi connectivity index (χ1) is 10.3. The number of ether oxygens (including phenoxy) is 2. The summed E-state index contributed by atoms with van der Waals surface area (Å²) >= 11 is 0. The van der Waals surface area contributed by atoms with Crippen LogP contribution in [0.1, 0.15) is 34.6 Å². The summed E-state index contributed by atoms with van der Waals surface area (Å²) in [6.07, 6.45) is 6.97. The third-order valence-corrected chi connectivity index (χ3v) is 3.01. The lowest BCUT2D eigenvalue weighted by molar-refractivity contribution is -0.150. The van der Waals surface area contributed by atoms with Crippen LogP contribution in [0.15, 0.2) is 35.5 Å². The molecule has 1 aliphatic carbocycles. The molecule has 1 aliphatic rings. The highest BCUT2D eigenvalue weighted by molar-refractivity contribution is 5.97. The van der Waals surface area contributed by atoms with E-state index in [9.17, 15) is 9.59 Å². The summed E-state index contributed by atoms with van der Waals surface area (Å²) in [5.41, 5.74) is 1.29. The molecule has 0 amide bonds. The minimum Gasteiger partial charge on any atom is -0.465 e. The molecule has 4 heteroatoms. The van der Waals surface area contributed by atoms with E-state index in [0.29, 0.717) is 18.8 Å². The summed E-state index contributed by atoms with van der Waals surface area (Å²) < 4.78 is 10.5. The Morgan fingerprint density at radius 3 is 2.23 bits per heavy atom. The molecule has 1 unspecified atom stereocenters. The minimum atomic E-state index is -0.716. The van der Waals surface area contributed by atoms with Gasteiger partial charge in [-0.3, -0.25) is 4.79 Å². The molecular formula is C18H26O4. The van der Waals surface area contributed by atoms with Crippen molar-refractivity contribution in [2.24, 2.45) is 17.8 Å². The predicted molar refractivity (Wildman–Crippen MR) is 86.1 cm³/mol. The van der Waals surface area contributed by atoms with Gasteiger partial charge in [0.25, 0.3) is 0 Å². The lowest BCUT2D eigenvalue weighted by Gasteiger charge is -2.16. The van der Waals surface area contributed by atoms with Crippen LogP contribution in [0.3, 0.4) is 0 Å². The van der Waals surface area contributed by atoms with Gasteiger partial charge in [0.1, 0.15) is 5.92 Å². The molecule has 0 saturated carbocycles. The van der Waals surface area contributed by atoms with Crippen molar-refractivity contribution < 1.29 is 19.1 Å². The number of allylic oxidation sites excluding steroid dienone is 4. The van der Waals surface area contributed by atoms with Gasteiger partial charge in [-0.1, -0.05) is 57.6 Å². The maximum Gasteiger partial charge on any atom is 0.335 e. The van der Waals surface area contributed by atoms with E-state index in [1.165, 1.54) is 0 Å².